The molecule has 2 aromatic rings. The van der Waals surface area contributed by atoms with Crippen LogP contribution in [0, 0.1) is 0 Å². The second-order valence-corrected chi connectivity index (χ2v) is 8.60. The Kier molecular flexibility index (Phi) is 4.78. The molecule has 0 aliphatic carbocycles. The number of sulfone groups is 1. The summed E-state index contributed by atoms with van der Waals surface area (Å²) in [5, 5.41) is 2.74. The summed E-state index contributed by atoms with van der Waals surface area (Å²) in [7, 11) is -3.28. The number of carbonyl (C=O) groups excluding carboxylic acids is 1. The van der Waals surface area contributed by atoms with Gasteiger partial charge in [-0.2, -0.15) is 13.2 Å². The van der Waals surface area contributed by atoms with Crippen molar-refractivity contribution in [1.82, 2.24) is 5.32 Å². The number of carbonyl (C=O) groups is 1. The second-order valence-electron chi connectivity index (χ2n) is 5.93. The Hall–Kier alpha value is -2.00. The minimum absolute atomic E-state index is 0.106. The quantitative estimate of drug-likeness (QED) is 0.844. The van der Waals surface area contributed by atoms with Crippen molar-refractivity contribution in [1.29, 1.82) is 0 Å². The van der Waals surface area contributed by atoms with Crippen molar-refractivity contribution in [2.24, 2.45) is 0 Å². The first kappa shape index (κ1) is 18.8. The van der Waals surface area contributed by atoms with Gasteiger partial charge in [-0.15, -0.1) is 0 Å². The van der Waals surface area contributed by atoms with E-state index in [0.29, 0.717) is 10.6 Å². The van der Waals surface area contributed by atoms with E-state index < -0.39 is 39.3 Å². The highest BCUT2D eigenvalue weighted by molar-refractivity contribution is 7.91. The first-order chi connectivity index (χ1) is 12.0. The lowest BCUT2D eigenvalue weighted by Gasteiger charge is -2.11. The Bertz CT molecular complexity index is 935. The molecule has 0 bridgehead atoms. The Morgan fingerprint density at radius 2 is 1.88 bits per heavy atom. The van der Waals surface area contributed by atoms with Crippen molar-refractivity contribution in [3.05, 3.63) is 46.7 Å². The predicted octanol–water partition coefficient (Wildman–Crippen LogP) is 3.54. The molecule has 2 heterocycles. The predicted molar refractivity (Wildman–Crippen MR) is 88.7 cm³/mol. The maximum Gasteiger partial charge on any atom is 0.450 e. The van der Waals surface area contributed by atoms with Gasteiger partial charge in [0.1, 0.15) is 5.76 Å². The fourth-order valence-corrected chi connectivity index (χ4v) is 4.50. The molecular formula is C16H13ClF3NO4S. The van der Waals surface area contributed by atoms with E-state index in [1.54, 1.807) is 0 Å². The van der Waals surface area contributed by atoms with E-state index in [1.165, 1.54) is 24.3 Å². The van der Waals surface area contributed by atoms with Crippen LogP contribution in [-0.4, -0.2) is 31.9 Å². The average Bonchev–Trinajstić information content (AvgIpc) is 3.11. The smallest absolute Gasteiger partial charge is 0.450 e. The number of nitrogens with one attached hydrogen (secondary N) is 1. The number of benzene rings is 1. The number of halogens is 4. The minimum Gasteiger partial charge on any atom is -0.451 e. The molecule has 10 heteroatoms. The Labute approximate surface area is 152 Å². The minimum atomic E-state index is -4.88. The third-order valence-corrected chi connectivity index (χ3v) is 5.95. The summed E-state index contributed by atoms with van der Waals surface area (Å²) in [5.74, 6) is -2.99. The number of rotatable bonds is 3. The van der Waals surface area contributed by atoms with Gasteiger partial charge in [0.25, 0.3) is 5.91 Å². The van der Waals surface area contributed by atoms with Gasteiger partial charge >= 0.3 is 6.18 Å². The zero-order valence-electron chi connectivity index (χ0n) is 13.1. The van der Waals surface area contributed by atoms with Crippen LogP contribution in [0.15, 0.2) is 34.7 Å². The highest BCUT2D eigenvalue weighted by atomic mass is 35.5. The molecular weight excluding hydrogens is 395 g/mol. The summed E-state index contributed by atoms with van der Waals surface area (Å²) in [5.41, 5.74) is -0.367. The van der Waals surface area contributed by atoms with Crippen LogP contribution in [0.25, 0.3) is 11.3 Å². The molecule has 0 spiro atoms. The van der Waals surface area contributed by atoms with Crippen molar-refractivity contribution >= 4 is 27.3 Å². The van der Waals surface area contributed by atoms with Crippen LogP contribution >= 0.6 is 11.6 Å². The molecule has 5 nitrogen and oxygen atoms in total. The van der Waals surface area contributed by atoms with Crippen LogP contribution in [0.4, 0.5) is 13.2 Å². The zero-order valence-corrected chi connectivity index (χ0v) is 14.7. The molecule has 1 amide bonds. The summed E-state index contributed by atoms with van der Waals surface area (Å²) in [6.45, 7) is 0. The largest absolute Gasteiger partial charge is 0.451 e. The second kappa shape index (κ2) is 6.62. The van der Waals surface area contributed by atoms with E-state index in [4.69, 9.17) is 16.0 Å². The molecule has 1 fully saturated rings. The summed E-state index contributed by atoms with van der Waals surface area (Å²) in [6.07, 6.45) is -4.71. The lowest BCUT2D eigenvalue weighted by molar-refractivity contribution is -0.153. The molecule has 1 N–H and O–H groups in total. The maximum absolute atomic E-state index is 13.2. The Morgan fingerprint density at radius 1 is 1.23 bits per heavy atom. The van der Waals surface area contributed by atoms with Crippen molar-refractivity contribution in [2.45, 2.75) is 18.6 Å². The number of hydrogen-bond donors (Lipinski definition) is 1. The van der Waals surface area contributed by atoms with Crippen molar-refractivity contribution in [3.8, 4) is 11.3 Å². The summed E-state index contributed by atoms with van der Waals surface area (Å²) in [6, 6.07) is 6.16. The van der Waals surface area contributed by atoms with Gasteiger partial charge in [-0.3, -0.25) is 4.79 Å². The Balaban J connectivity index is 1.92. The normalized spacial score (nSPS) is 19.5. The van der Waals surface area contributed by atoms with Gasteiger partial charge in [-0.1, -0.05) is 11.6 Å². The molecule has 1 aliphatic rings. The highest BCUT2D eigenvalue weighted by Gasteiger charge is 2.41. The topological polar surface area (TPSA) is 76.4 Å². The third kappa shape index (κ3) is 4.04. The van der Waals surface area contributed by atoms with Gasteiger partial charge in [-0.25, -0.2) is 8.42 Å². The van der Waals surface area contributed by atoms with Crippen LogP contribution in [0.1, 0.15) is 22.5 Å². The maximum atomic E-state index is 13.2. The van der Waals surface area contributed by atoms with Gasteiger partial charge in [0.05, 0.1) is 17.1 Å². The summed E-state index contributed by atoms with van der Waals surface area (Å²) in [4.78, 5) is 12.3. The van der Waals surface area contributed by atoms with E-state index in [1.807, 2.05) is 0 Å². The van der Waals surface area contributed by atoms with Crippen LogP contribution in [0.3, 0.4) is 0 Å². The summed E-state index contributed by atoms with van der Waals surface area (Å²) >= 11 is 5.75. The number of alkyl halides is 3. The van der Waals surface area contributed by atoms with Gasteiger partial charge in [-0.05, 0) is 36.8 Å². The van der Waals surface area contributed by atoms with Crippen LogP contribution in [0.2, 0.25) is 5.02 Å². The molecule has 26 heavy (non-hydrogen) atoms. The van der Waals surface area contributed by atoms with Gasteiger partial charge in [0.2, 0.25) is 5.76 Å². The average molecular weight is 408 g/mol. The highest BCUT2D eigenvalue weighted by Crippen LogP contribution is 2.37. The molecule has 3 rings (SSSR count). The van der Waals surface area contributed by atoms with E-state index in [0.717, 1.165) is 6.07 Å². The van der Waals surface area contributed by atoms with E-state index in [2.05, 4.69) is 5.32 Å². The van der Waals surface area contributed by atoms with Gasteiger partial charge in [0, 0.05) is 16.6 Å². The number of amides is 1. The van der Waals surface area contributed by atoms with Crippen molar-refractivity contribution in [3.63, 3.8) is 0 Å². The molecule has 0 saturated carbocycles. The molecule has 140 valence electrons. The Morgan fingerprint density at radius 3 is 2.42 bits per heavy atom. The lowest BCUT2D eigenvalue weighted by atomic mass is 10.1. The molecule has 1 saturated heterocycles. The zero-order chi connectivity index (χ0) is 19.1. The molecule has 1 aromatic carbocycles. The SMILES string of the molecule is O=C(N[C@H]1CCS(=O)(=O)C1)c1cc(-c2ccc(Cl)cc2)oc1C(F)(F)F. The standard InChI is InChI=1S/C16H13ClF3NO4S/c17-10-3-1-9(2-4-10)13-7-12(14(25-13)16(18,19)20)15(22)21-11-5-6-26(23,24)8-11/h1-4,7,11H,5-6,8H2,(H,21,22)/t11-/m0/s1. The molecule has 0 radical (unpaired) electrons. The van der Waals surface area contributed by atoms with E-state index >= 15 is 0 Å². The van der Waals surface area contributed by atoms with E-state index in [-0.39, 0.29) is 23.7 Å². The molecule has 1 aromatic heterocycles. The summed E-state index contributed by atoms with van der Waals surface area (Å²) < 4.78 is 67.5. The van der Waals surface area contributed by atoms with Gasteiger partial charge < -0.3 is 9.73 Å². The number of furan rings is 1. The van der Waals surface area contributed by atoms with Crippen molar-refractivity contribution in [2.75, 3.05) is 11.5 Å². The van der Waals surface area contributed by atoms with Crippen LogP contribution in [0.5, 0.6) is 0 Å². The molecule has 1 aliphatic heterocycles. The van der Waals surface area contributed by atoms with E-state index in [9.17, 15) is 26.4 Å². The number of hydrogen-bond acceptors (Lipinski definition) is 4. The first-order valence-electron chi connectivity index (χ1n) is 7.53. The first-order valence-corrected chi connectivity index (χ1v) is 9.73. The van der Waals surface area contributed by atoms with Gasteiger partial charge in [0.15, 0.2) is 9.84 Å². The fraction of sp³-hybridized carbons (Fsp3) is 0.312. The fourth-order valence-electron chi connectivity index (χ4n) is 2.70. The molecule has 0 unspecified atom stereocenters. The van der Waals surface area contributed by atoms with Crippen LogP contribution in [-0.2, 0) is 16.0 Å². The van der Waals surface area contributed by atoms with Crippen LogP contribution < -0.4 is 5.32 Å². The van der Waals surface area contributed by atoms with Crippen molar-refractivity contribution < 1.29 is 30.8 Å². The molecule has 1 atom stereocenters. The third-order valence-electron chi connectivity index (χ3n) is 3.93. The monoisotopic (exact) mass is 407 g/mol. The lowest BCUT2D eigenvalue weighted by Crippen LogP contribution is -2.36.